The fourth-order valence-corrected chi connectivity index (χ4v) is 3.84. The normalized spacial score (nSPS) is 20.0. The highest BCUT2D eigenvalue weighted by molar-refractivity contribution is 6.18. The fourth-order valence-electron chi connectivity index (χ4n) is 3.84. The Bertz CT molecular complexity index is 1030. The van der Waals surface area contributed by atoms with Crippen molar-refractivity contribution in [2.24, 2.45) is 0 Å². The third-order valence-electron chi connectivity index (χ3n) is 5.51. The van der Waals surface area contributed by atoms with Gasteiger partial charge in [-0.3, -0.25) is 4.79 Å². The van der Waals surface area contributed by atoms with E-state index in [1.165, 1.54) is 6.33 Å². The van der Waals surface area contributed by atoms with Gasteiger partial charge >= 0.3 is 0 Å². The lowest BCUT2D eigenvalue weighted by Gasteiger charge is -2.36. The van der Waals surface area contributed by atoms with Crippen molar-refractivity contribution in [2.75, 3.05) is 11.9 Å². The molecular formula is C22H26N4O3. The number of rotatable bonds is 5. The maximum absolute atomic E-state index is 13.2. The SMILES string of the molecule is Cc1ccccc1C(=O)c1c[nH]c2ncnc(N[C@@H]3CCC(C(C)(C)O)OC3)c12. The average molecular weight is 394 g/mol. The molecule has 1 fully saturated rings. The van der Waals surface area contributed by atoms with Gasteiger partial charge < -0.3 is 20.1 Å². The number of aromatic nitrogens is 3. The van der Waals surface area contributed by atoms with Crippen molar-refractivity contribution in [1.29, 1.82) is 0 Å². The van der Waals surface area contributed by atoms with Gasteiger partial charge in [-0.05, 0) is 39.2 Å². The maximum atomic E-state index is 13.2. The summed E-state index contributed by atoms with van der Waals surface area (Å²) in [5.74, 6) is 0.553. The maximum Gasteiger partial charge on any atom is 0.195 e. The number of H-pyrrole nitrogens is 1. The van der Waals surface area contributed by atoms with Crippen LogP contribution in [0, 0.1) is 6.92 Å². The van der Waals surface area contributed by atoms with Gasteiger partial charge in [-0.15, -0.1) is 0 Å². The Morgan fingerprint density at radius 1 is 1.24 bits per heavy atom. The number of ether oxygens (including phenoxy) is 1. The molecule has 0 saturated carbocycles. The van der Waals surface area contributed by atoms with E-state index >= 15 is 0 Å². The fraction of sp³-hybridized carbons (Fsp3) is 0.409. The summed E-state index contributed by atoms with van der Waals surface area (Å²) >= 11 is 0. The number of hydrogen-bond acceptors (Lipinski definition) is 6. The molecule has 7 nitrogen and oxygen atoms in total. The van der Waals surface area contributed by atoms with Crippen LogP contribution in [0.1, 0.15) is 48.2 Å². The minimum Gasteiger partial charge on any atom is -0.388 e. The van der Waals surface area contributed by atoms with Crippen LogP contribution in [-0.2, 0) is 4.74 Å². The lowest BCUT2D eigenvalue weighted by molar-refractivity contribution is -0.110. The van der Waals surface area contributed by atoms with Gasteiger partial charge in [-0.2, -0.15) is 0 Å². The summed E-state index contributed by atoms with van der Waals surface area (Å²) in [4.78, 5) is 24.9. The van der Waals surface area contributed by atoms with Crippen LogP contribution in [0.2, 0.25) is 0 Å². The van der Waals surface area contributed by atoms with Crippen molar-refractivity contribution in [3.63, 3.8) is 0 Å². The van der Waals surface area contributed by atoms with Gasteiger partial charge in [-0.25, -0.2) is 9.97 Å². The molecule has 2 aromatic heterocycles. The molecule has 1 saturated heterocycles. The molecule has 1 aliphatic rings. The Morgan fingerprint density at radius 2 is 2.03 bits per heavy atom. The van der Waals surface area contributed by atoms with Gasteiger partial charge in [0, 0.05) is 11.8 Å². The molecule has 0 radical (unpaired) electrons. The van der Waals surface area contributed by atoms with E-state index in [-0.39, 0.29) is 17.9 Å². The van der Waals surface area contributed by atoms with Crippen LogP contribution >= 0.6 is 0 Å². The number of fused-ring (bicyclic) bond motifs is 1. The van der Waals surface area contributed by atoms with Gasteiger partial charge in [-0.1, -0.05) is 24.3 Å². The number of nitrogens with zero attached hydrogens (tertiary/aromatic N) is 2. The highest BCUT2D eigenvalue weighted by Crippen LogP contribution is 2.29. The molecule has 3 N–H and O–H groups in total. The van der Waals surface area contributed by atoms with Crippen molar-refractivity contribution in [3.05, 3.63) is 53.5 Å². The number of aryl methyl sites for hydroxylation is 1. The first-order valence-electron chi connectivity index (χ1n) is 9.87. The highest BCUT2D eigenvalue weighted by atomic mass is 16.5. The number of ketones is 1. The van der Waals surface area contributed by atoms with Crippen LogP contribution in [0.15, 0.2) is 36.8 Å². The number of carbonyl (C=O) groups excluding carboxylic acids is 1. The lowest BCUT2D eigenvalue weighted by atomic mass is 9.93. The lowest BCUT2D eigenvalue weighted by Crippen LogP contribution is -2.45. The number of carbonyl (C=O) groups is 1. The van der Waals surface area contributed by atoms with Gasteiger partial charge in [0.15, 0.2) is 5.78 Å². The molecule has 0 spiro atoms. The van der Waals surface area contributed by atoms with Gasteiger partial charge in [0.2, 0.25) is 0 Å². The monoisotopic (exact) mass is 394 g/mol. The molecule has 0 bridgehead atoms. The summed E-state index contributed by atoms with van der Waals surface area (Å²) in [6.07, 6.45) is 4.58. The largest absolute Gasteiger partial charge is 0.388 e. The van der Waals surface area contributed by atoms with Crippen molar-refractivity contribution in [3.8, 4) is 0 Å². The molecule has 1 aromatic carbocycles. The average Bonchev–Trinajstić information content (AvgIpc) is 3.13. The zero-order valence-corrected chi connectivity index (χ0v) is 16.9. The van der Waals surface area contributed by atoms with Crippen LogP contribution in [0.5, 0.6) is 0 Å². The van der Waals surface area contributed by atoms with E-state index in [1.807, 2.05) is 31.2 Å². The molecule has 1 aliphatic heterocycles. The molecule has 152 valence electrons. The molecular weight excluding hydrogens is 368 g/mol. The Balaban J connectivity index is 1.61. The molecule has 7 heteroatoms. The molecule has 2 atom stereocenters. The third kappa shape index (κ3) is 3.88. The van der Waals surface area contributed by atoms with Crippen LogP contribution < -0.4 is 5.32 Å². The van der Waals surface area contributed by atoms with Crippen LogP contribution in [0.25, 0.3) is 11.0 Å². The van der Waals surface area contributed by atoms with E-state index in [2.05, 4.69) is 20.3 Å². The topological polar surface area (TPSA) is 100 Å². The van der Waals surface area contributed by atoms with Crippen LogP contribution in [0.4, 0.5) is 5.82 Å². The second kappa shape index (κ2) is 7.57. The molecule has 0 amide bonds. The second-order valence-electron chi connectivity index (χ2n) is 8.19. The Labute approximate surface area is 169 Å². The van der Waals surface area contributed by atoms with Gasteiger partial charge in [0.1, 0.15) is 17.8 Å². The first-order chi connectivity index (χ1) is 13.8. The Hall–Kier alpha value is -2.77. The first kappa shape index (κ1) is 19.5. The van der Waals surface area contributed by atoms with Gasteiger partial charge in [0.25, 0.3) is 0 Å². The number of hydrogen-bond donors (Lipinski definition) is 3. The number of benzene rings is 1. The van der Waals surface area contributed by atoms with Crippen LogP contribution in [-0.4, -0.2) is 50.2 Å². The Morgan fingerprint density at radius 3 is 2.72 bits per heavy atom. The van der Waals surface area contributed by atoms with E-state index in [0.717, 1.165) is 18.4 Å². The van der Waals surface area contributed by atoms with Gasteiger partial charge in [0.05, 0.1) is 35.3 Å². The minimum atomic E-state index is -0.860. The van der Waals surface area contributed by atoms with E-state index in [9.17, 15) is 9.90 Å². The molecule has 3 aromatic rings. The van der Waals surface area contributed by atoms with E-state index in [1.54, 1.807) is 20.0 Å². The van der Waals surface area contributed by atoms with Crippen molar-refractivity contribution >= 4 is 22.6 Å². The standard InChI is InChI=1S/C22H26N4O3/c1-13-6-4-5-7-15(13)19(27)16-10-23-20-18(16)21(25-12-24-20)26-14-8-9-17(29-11-14)22(2,3)28/h4-7,10,12,14,17,28H,8-9,11H2,1-3H3,(H2,23,24,25,26)/t14-,17?/m1/s1. The van der Waals surface area contributed by atoms with Crippen LogP contribution in [0.3, 0.4) is 0 Å². The number of anilines is 1. The predicted molar refractivity (Wildman–Crippen MR) is 111 cm³/mol. The highest BCUT2D eigenvalue weighted by Gasteiger charge is 2.33. The molecule has 1 unspecified atom stereocenters. The quantitative estimate of drug-likeness (QED) is 0.575. The zero-order chi connectivity index (χ0) is 20.6. The molecule has 3 heterocycles. The summed E-state index contributed by atoms with van der Waals surface area (Å²) in [6.45, 7) is 5.92. The van der Waals surface area contributed by atoms with E-state index < -0.39 is 5.60 Å². The molecule has 29 heavy (non-hydrogen) atoms. The molecule has 0 aliphatic carbocycles. The third-order valence-corrected chi connectivity index (χ3v) is 5.51. The summed E-state index contributed by atoms with van der Waals surface area (Å²) < 4.78 is 5.85. The number of aromatic amines is 1. The minimum absolute atomic E-state index is 0.0445. The summed E-state index contributed by atoms with van der Waals surface area (Å²) in [5.41, 5.74) is 1.89. The van der Waals surface area contributed by atoms with Crippen molar-refractivity contribution in [2.45, 2.75) is 51.4 Å². The van der Waals surface area contributed by atoms with Crippen molar-refractivity contribution < 1.29 is 14.6 Å². The first-order valence-corrected chi connectivity index (χ1v) is 9.87. The summed E-state index contributed by atoms with van der Waals surface area (Å²) in [7, 11) is 0. The Kier molecular flexibility index (Phi) is 5.10. The van der Waals surface area contributed by atoms with E-state index in [0.29, 0.717) is 34.6 Å². The second-order valence-corrected chi connectivity index (χ2v) is 8.19. The smallest absolute Gasteiger partial charge is 0.195 e. The summed E-state index contributed by atoms with van der Waals surface area (Å²) in [5, 5.41) is 14.3. The predicted octanol–water partition coefficient (Wildman–Crippen LogP) is 3.23. The zero-order valence-electron chi connectivity index (χ0n) is 16.9. The molecule has 4 rings (SSSR count). The van der Waals surface area contributed by atoms with E-state index in [4.69, 9.17) is 4.74 Å². The number of aliphatic hydroxyl groups is 1. The summed E-state index contributed by atoms with van der Waals surface area (Å²) in [6, 6.07) is 7.59. The van der Waals surface area contributed by atoms with Crippen molar-refractivity contribution in [1.82, 2.24) is 15.0 Å². The number of nitrogens with one attached hydrogen (secondary N) is 2.